The van der Waals surface area contributed by atoms with Crippen LogP contribution in [0.25, 0.3) is 0 Å². The number of halogens is 2. The highest BCUT2D eigenvalue weighted by Crippen LogP contribution is 2.46. The van der Waals surface area contributed by atoms with Gasteiger partial charge >= 0.3 is 7.60 Å². The third-order valence-electron chi connectivity index (χ3n) is 1.86. The van der Waals surface area contributed by atoms with Crippen LogP contribution in [0, 0.1) is 0 Å². The van der Waals surface area contributed by atoms with Crippen molar-refractivity contribution in [2.75, 3.05) is 13.3 Å². The Kier molecular flexibility index (Phi) is 5.32. The molecule has 1 atom stereocenters. The predicted molar refractivity (Wildman–Crippen MR) is 68.3 cm³/mol. The van der Waals surface area contributed by atoms with Crippen LogP contribution in [-0.4, -0.2) is 23.1 Å². The molecule has 8 heteroatoms. The van der Waals surface area contributed by atoms with Gasteiger partial charge in [-0.3, -0.25) is 0 Å². The van der Waals surface area contributed by atoms with Crippen LogP contribution in [0.4, 0.5) is 0 Å². The molecule has 0 amide bonds. The van der Waals surface area contributed by atoms with Gasteiger partial charge in [0, 0.05) is 13.2 Å². The second-order valence-corrected chi connectivity index (χ2v) is 6.13. The number of nitrogens with zero attached hydrogens (tertiary/aromatic N) is 2. The van der Waals surface area contributed by atoms with E-state index >= 15 is 0 Å². The van der Waals surface area contributed by atoms with Crippen LogP contribution in [-0.2, 0) is 15.6 Å². The largest absolute Gasteiger partial charge is 0.403 e. The maximum Gasteiger partial charge on any atom is 0.377 e. The molecule has 0 aromatic carbocycles. The van der Waals surface area contributed by atoms with Gasteiger partial charge in [0.1, 0.15) is 10.2 Å². The third-order valence-corrected chi connectivity index (χ3v) is 3.91. The number of aryl methyl sites for hydroxylation is 1. The lowest BCUT2D eigenvalue weighted by molar-refractivity contribution is 0.281. The molecule has 0 saturated carbocycles. The van der Waals surface area contributed by atoms with Crippen LogP contribution in [0.3, 0.4) is 0 Å². The normalized spacial score (nSPS) is 14.6. The lowest BCUT2D eigenvalue weighted by atomic mass is 10.5. The molecule has 17 heavy (non-hydrogen) atoms. The van der Waals surface area contributed by atoms with Crippen LogP contribution in [0.1, 0.15) is 20.3 Å². The summed E-state index contributed by atoms with van der Waals surface area (Å²) in [6.45, 7) is 5.97. The average Bonchev–Trinajstić information content (AvgIpc) is 2.47. The standard InChI is InChI=1S/C9H15Cl2N2O3P/c1-4-6-13-8(11)7(10)9(12-13)16-17(3,14)15-5-2/h4-6H2,1-3H3. The molecule has 0 N–H and O–H groups in total. The van der Waals surface area contributed by atoms with Gasteiger partial charge in [-0.2, -0.15) is 0 Å². The highest BCUT2D eigenvalue weighted by atomic mass is 35.5. The van der Waals surface area contributed by atoms with Gasteiger partial charge in [0.15, 0.2) is 0 Å². The molecule has 0 spiro atoms. The van der Waals surface area contributed by atoms with Crippen LogP contribution in [0.2, 0.25) is 10.2 Å². The fraction of sp³-hybridized carbons (Fsp3) is 0.667. The first-order valence-corrected chi connectivity index (χ1v) is 7.99. The van der Waals surface area contributed by atoms with Gasteiger partial charge in [0.05, 0.1) is 6.61 Å². The van der Waals surface area contributed by atoms with E-state index in [0.717, 1.165) is 6.42 Å². The van der Waals surface area contributed by atoms with E-state index in [1.165, 1.54) is 11.3 Å². The molecule has 1 rings (SSSR count). The van der Waals surface area contributed by atoms with E-state index in [2.05, 4.69) is 5.10 Å². The Morgan fingerprint density at radius 1 is 1.41 bits per heavy atom. The fourth-order valence-electron chi connectivity index (χ4n) is 1.24. The monoisotopic (exact) mass is 300 g/mol. The van der Waals surface area contributed by atoms with E-state index in [4.69, 9.17) is 32.2 Å². The fourth-order valence-corrected chi connectivity index (χ4v) is 2.63. The minimum absolute atomic E-state index is 0.0457. The molecule has 1 heterocycles. The summed E-state index contributed by atoms with van der Waals surface area (Å²) in [6.07, 6.45) is 0.854. The van der Waals surface area contributed by atoms with E-state index in [-0.39, 0.29) is 22.7 Å². The third kappa shape index (κ3) is 3.88. The van der Waals surface area contributed by atoms with Gasteiger partial charge in [0.25, 0.3) is 5.88 Å². The van der Waals surface area contributed by atoms with E-state index in [1.54, 1.807) is 6.92 Å². The quantitative estimate of drug-likeness (QED) is 0.749. The summed E-state index contributed by atoms with van der Waals surface area (Å²) in [5.41, 5.74) is 0. The topological polar surface area (TPSA) is 53.4 Å². The van der Waals surface area contributed by atoms with Crippen molar-refractivity contribution in [1.82, 2.24) is 9.78 Å². The zero-order valence-corrected chi connectivity index (χ0v) is 12.3. The Morgan fingerprint density at radius 2 is 2.06 bits per heavy atom. The number of rotatable bonds is 6. The lowest BCUT2D eigenvalue weighted by Crippen LogP contribution is -2.00. The summed E-state index contributed by atoms with van der Waals surface area (Å²) in [7, 11) is -3.19. The second kappa shape index (κ2) is 6.10. The van der Waals surface area contributed by atoms with Crippen LogP contribution in [0.15, 0.2) is 0 Å². The molecule has 0 aliphatic carbocycles. The smallest absolute Gasteiger partial charge is 0.377 e. The van der Waals surface area contributed by atoms with Crippen molar-refractivity contribution in [3.05, 3.63) is 10.2 Å². The van der Waals surface area contributed by atoms with Gasteiger partial charge in [-0.15, -0.1) is 5.10 Å². The van der Waals surface area contributed by atoms with Crippen molar-refractivity contribution >= 4 is 30.8 Å². The van der Waals surface area contributed by atoms with Crippen molar-refractivity contribution in [1.29, 1.82) is 0 Å². The average molecular weight is 301 g/mol. The molecular weight excluding hydrogens is 286 g/mol. The van der Waals surface area contributed by atoms with Crippen molar-refractivity contribution in [3.63, 3.8) is 0 Å². The summed E-state index contributed by atoms with van der Waals surface area (Å²) >= 11 is 11.9. The highest BCUT2D eigenvalue weighted by Gasteiger charge is 2.24. The highest BCUT2D eigenvalue weighted by molar-refractivity contribution is 7.53. The zero-order chi connectivity index (χ0) is 13.1. The van der Waals surface area contributed by atoms with Crippen LogP contribution in [0.5, 0.6) is 5.88 Å². The molecule has 1 aromatic rings. The summed E-state index contributed by atoms with van der Waals surface area (Å²) < 4.78 is 23.5. The van der Waals surface area contributed by atoms with Gasteiger partial charge in [0.2, 0.25) is 0 Å². The van der Waals surface area contributed by atoms with E-state index in [0.29, 0.717) is 6.54 Å². The number of hydrogen-bond acceptors (Lipinski definition) is 4. The Morgan fingerprint density at radius 3 is 2.59 bits per heavy atom. The Hall–Kier alpha value is -0.220. The molecule has 0 saturated heterocycles. The number of aromatic nitrogens is 2. The molecule has 0 fully saturated rings. The first kappa shape index (κ1) is 14.8. The van der Waals surface area contributed by atoms with E-state index in [1.807, 2.05) is 6.92 Å². The Balaban J connectivity index is 2.92. The molecule has 0 radical (unpaired) electrons. The van der Waals surface area contributed by atoms with E-state index < -0.39 is 7.60 Å². The van der Waals surface area contributed by atoms with E-state index in [9.17, 15) is 4.57 Å². The van der Waals surface area contributed by atoms with Crippen LogP contribution < -0.4 is 4.52 Å². The molecule has 1 unspecified atom stereocenters. The van der Waals surface area contributed by atoms with Gasteiger partial charge in [-0.25, -0.2) is 9.25 Å². The van der Waals surface area contributed by atoms with Gasteiger partial charge in [-0.1, -0.05) is 30.1 Å². The van der Waals surface area contributed by atoms with Crippen LogP contribution >= 0.6 is 30.8 Å². The molecule has 5 nitrogen and oxygen atoms in total. The maximum atomic E-state index is 11.8. The second-order valence-electron chi connectivity index (χ2n) is 3.41. The van der Waals surface area contributed by atoms with Gasteiger partial charge in [-0.05, 0) is 13.3 Å². The zero-order valence-electron chi connectivity index (χ0n) is 9.94. The maximum absolute atomic E-state index is 11.8. The molecule has 0 bridgehead atoms. The minimum atomic E-state index is -3.19. The lowest BCUT2D eigenvalue weighted by Gasteiger charge is -2.11. The predicted octanol–water partition coefficient (Wildman–Crippen LogP) is 3.84. The van der Waals surface area contributed by atoms with Gasteiger partial charge < -0.3 is 9.05 Å². The molecule has 0 aliphatic heterocycles. The molecule has 0 aliphatic rings. The minimum Gasteiger partial charge on any atom is -0.403 e. The SMILES string of the molecule is CCCn1nc(OP(C)(=O)OCC)c(Cl)c1Cl. The molecule has 1 aromatic heterocycles. The first-order chi connectivity index (χ1) is 7.91. The molecular formula is C9H15Cl2N2O3P. The Bertz CT molecular complexity index is 436. The van der Waals surface area contributed by atoms with Crippen molar-refractivity contribution in [2.45, 2.75) is 26.8 Å². The molecule has 98 valence electrons. The van der Waals surface area contributed by atoms with Crippen molar-refractivity contribution in [2.24, 2.45) is 0 Å². The van der Waals surface area contributed by atoms with Crippen molar-refractivity contribution < 1.29 is 13.6 Å². The first-order valence-electron chi connectivity index (χ1n) is 5.24. The Labute approximate surface area is 111 Å². The summed E-state index contributed by atoms with van der Waals surface area (Å²) in [5.74, 6) is 0.0457. The van der Waals surface area contributed by atoms with Crippen molar-refractivity contribution in [3.8, 4) is 5.88 Å². The number of hydrogen-bond donors (Lipinski definition) is 0. The summed E-state index contributed by atoms with van der Waals surface area (Å²) in [4.78, 5) is 0. The summed E-state index contributed by atoms with van der Waals surface area (Å²) in [6, 6.07) is 0. The summed E-state index contributed by atoms with van der Waals surface area (Å²) in [5, 5.41) is 4.48.